The number of anilines is 1. The smallest absolute Gasteiger partial charge is 0.338 e. The van der Waals surface area contributed by atoms with Crippen LogP contribution in [-0.2, 0) is 14.8 Å². The SMILES string of the molecule is C=CCN(c1ccccc1)S(=O)(=O)c1cccc(C(=O)OCC(=O)c2ccc(F)c(F)c2)c1. The van der Waals surface area contributed by atoms with E-state index in [-0.39, 0.29) is 22.6 Å². The highest BCUT2D eigenvalue weighted by molar-refractivity contribution is 7.92. The number of benzene rings is 3. The van der Waals surface area contributed by atoms with E-state index in [9.17, 15) is 26.8 Å². The standard InChI is InChI=1S/C24H19F2NO5S/c1-2-13-27(19-8-4-3-5-9-19)33(30,31)20-10-6-7-18(14-20)24(29)32-16-23(28)17-11-12-21(25)22(26)15-17/h2-12,14-15H,1,13,16H2. The van der Waals surface area contributed by atoms with Crippen molar-refractivity contribution in [1.29, 1.82) is 0 Å². The Labute approximate surface area is 189 Å². The molecule has 0 aliphatic carbocycles. The van der Waals surface area contributed by atoms with Crippen LogP contribution in [0.2, 0.25) is 0 Å². The number of nitrogens with zero attached hydrogens (tertiary/aromatic N) is 1. The van der Waals surface area contributed by atoms with Crippen LogP contribution >= 0.6 is 0 Å². The number of ketones is 1. The molecule has 0 amide bonds. The number of halogens is 2. The molecule has 0 aliphatic heterocycles. The van der Waals surface area contributed by atoms with E-state index in [0.29, 0.717) is 11.8 Å². The van der Waals surface area contributed by atoms with Crippen LogP contribution in [0.3, 0.4) is 0 Å². The fourth-order valence-electron chi connectivity index (χ4n) is 2.93. The molecule has 0 aromatic heterocycles. The third kappa shape index (κ3) is 5.50. The van der Waals surface area contributed by atoms with Crippen molar-refractivity contribution in [2.24, 2.45) is 0 Å². The van der Waals surface area contributed by atoms with Gasteiger partial charge in [-0.1, -0.05) is 30.3 Å². The number of esters is 1. The van der Waals surface area contributed by atoms with Crippen molar-refractivity contribution >= 4 is 27.5 Å². The van der Waals surface area contributed by atoms with Gasteiger partial charge in [-0.15, -0.1) is 6.58 Å². The lowest BCUT2D eigenvalue weighted by Crippen LogP contribution is -2.31. The van der Waals surface area contributed by atoms with Crippen molar-refractivity contribution in [3.05, 3.63) is 108 Å². The quantitative estimate of drug-likeness (QED) is 0.263. The minimum absolute atomic E-state index is 0.00372. The molecule has 0 spiro atoms. The van der Waals surface area contributed by atoms with Crippen LogP contribution in [0.1, 0.15) is 20.7 Å². The lowest BCUT2D eigenvalue weighted by Gasteiger charge is -2.23. The van der Waals surface area contributed by atoms with Gasteiger partial charge in [-0.25, -0.2) is 22.0 Å². The molecule has 0 heterocycles. The van der Waals surface area contributed by atoms with Gasteiger partial charge in [0.25, 0.3) is 10.0 Å². The van der Waals surface area contributed by atoms with Gasteiger partial charge >= 0.3 is 5.97 Å². The molecule has 0 atom stereocenters. The Morgan fingerprint density at radius 1 is 0.909 bits per heavy atom. The van der Waals surface area contributed by atoms with Gasteiger partial charge in [-0.3, -0.25) is 9.10 Å². The van der Waals surface area contributed by atoms with E-state index in [0.717, 1.165) is 22.5 Å². The summed E-state index contributed by atoms with van der Waals surface area (Å²) in [5.74, 6) is -4.00. The highest BCUT2D eigenvalue weighted by Crippen LogP contribution is 2.24. The summed E-state index contributed by atoms with van der Waals surface area (Å²) in [5, 5.41) is 0. The van der Waals surface area contributed by atoms with Crippen LogP contribution in [0.5, 0.6) is 0 Å². The minimum atomic E-state index is -4.05. The highest BCUT2D eigenvalue weighted by atomic mass is 32.2. The van der Waals surface area contributed by atoms with Gasteiger partial charge in [-0.05, 0) is 48.5 Å². The third-order valence-electron chi connectivity index (χ3n) is 4.57. The summed E-state index contributed by atoms with van der Waals surface area (Å²) in [6.45, 7) is 2.87. The van der Waals surface area contributed by atoms with Crippen molar-refractivity contribution in [2.75, 3.05) is 17.5 Å². The predicted molar refractivity (Wildman–Crippen MR) is 119 cm³/mol. The Bertz CT molecular complexity index is 1290. The largest absolute Gasteiger partial charge is 0.454 e. The topological polar surface area (TPSA) is 80.8 Å². The molecule has 3 aromatic rings. The number of sulfonamides is 1. The number of rotatable bonds is 9. The summed E-state index contributed by atoms with van der Waals surface area (Å²) >= 11 is 0. The zero-order valence-corrected chi connectivity index (χ0v) is 18.1. The van der Waals surface area contributed by atoms with Gasteiger partial charge in [-0.2, -0.15) is 0 Å². The third-order valence-corrected chi connectivity index (χ3v) is 6.36. The number of hydrogen-bond acceptors (Lipinski definition) is 5. The Morgan fingerprint density at radius 2 is 1.64 bits per heavy atom. The van der Waals surface area contributed by atoms with E-state index >= 15 is 0 Å². The first-order valence-electron chi connectivity index (χ1n) is 9.68. The lowest BCUT2D eigenvalue weighted by molar-refractivity contribution is 0.0474. The number of Topliss-reactive ketones (excluding diaryl/α,β-unsaturated/α-hetero) is 1. The molecular formula is C24H19F2NO5S. The maximum Gasteiger partial charge on any atom is 0.338 e. The van der Waals surface area contributed by atoms with Crippen molar-refractivity contribution in [3.8, 4) is 0 Å². The first-order valence-corrected chi connectivity index (χ1v) is 11.1. The molecule has 170 valence electrons. The van der Waals surface area contributed by atoms with Gasteiger partial charge in [0.1, 0.15) is 0 Å². The van der Waals surface area contributed by atoms with E-state index in [4.69, 9.17) is 4.74 Å². The normalized spacial score (nSPS) is 11.0. The molecule has 0 aliphatic rings. The van der Waals surface area contributed by atoms with E-state index in [2.05, 4.69) is 6.58 Å². The Kier molecular flexibility index (Phi) is 7.34. The molecule has 9 heteroatoms. The molecular weight excluding hydrogens is 452 g/mol. The van der Waals surface area contributed by atoms with Gasteiger partial charge in [0.05, 0.1) is 22.7 Å². The molecule has 0 radical (unpaired) electrons. The average Bonchev–Trinajstić information content (AvgIpc) is 2.83. The van der Waals surface area contributed by atoms with Crippen molar-refractivity contribution in [2.45, 2.75) is 4.90 Å². The minimum Gasteiger partial charge on any atom is -0.454 e. The van der Waals surface area contributed by atoms with E-state index in [1.807, 2.05) is 0 Å². The van der Waals surface area contributed by atoms with Crippen LogP contribution in [0.25, 0.3) is 0 Å². The fraction of sp³-hybridized carbons (Fsp3) is 0.0833. The summed E-state index contributed by atoms with van der Waals surface area (Å²) in [5.41, 5.74) is 0.157. The van der Waals surface area contributed by atoms with Crippen molar-refractivity contribution < 1.29 is 31.5 Å². The molecule has 6 nitrogen and oxygen atoms in total. The van der Waals surface area contributed by atoms with Gasteiger partial charge < -0.3 is 4.74 Å². The Balaban J connectivity index is 1.79. The highest BCUT2D eigenvalue weighted by Gasteiger charge is 2.25. The zero-order chi connectivity index (χ0) is 24.0. The average molecular weight is 471 g/mol. The molecule has 0 bridgehead atoms. The summed E-state index contributed by atoms with van der Waals surface area (Å²) in [6, 6.07) is 16.1. The van der Waals surface area contributed by atoms with Crippen LogP contribution in [0.15, 0.2) is 90.3 Å². The molecule has 0 fully saturated rings. The maximum absolute atomic E-state index is 13.3. The summed E-state index contributed by atoms with van der Waals surface area (Å²) in [4.78, 5) is 24.4. The summed E-state index contributed by atoms with van der Waals surface area (Å²) < 4.78 is 58.8. The van der Waals surface area contributed by atoms with Gasteiger partial charge in [0, 0.05) is 5.56 Å². The summed E-state index contributed by atoms with van der Waals surface area (Å²) in [7, 11) is -4.05. The molecule has 3 aromatic carbocycles. The first kappa shape index (κ1) is 23.8. The van der Waals surface area contributed by atoms with Crippen molar-refractivity contribution in [1.82, 2.24) is 0 Å². The van der Waals surface area contributed by atoms with E-state index in [1.54, 1.807) is 30.3 Å². The molecule has 33 heavy (non-hydrogen) atoms. The Morgan fingerprint density at radius 3 is 2.30 bits per heavy atom. The van der Waals surface area contributed by atoms with Gasteiger partial charge in [0.15, 0.2) is 24.0 Å². The van der Waals surface area contributed by atoms with Crippen LogP contribution < -0.4 is 4.31 Å². The fourth-order valence-corrected chi connectivity index (χ4v) is 4.41. The Hall–Kier alpha value is -3.85. The van der Waals surface area contributed by atoms with Crippen LogP contribution in [-0.4, -0.2) is 33.3 Å². The number of carbonyl (C=O) groups excluding carboxylic acids is 2. The molecule has 0 N–H and O–H groups in total. The molecule has 0 saturated carbocycles. The maximum atomic E-state index is 13.3. The second kappa shape index (κ2) is 10.2. The van der Waals surface area contributed by atoms with Gasteiger partial charge in [0.2, 0.25) is 0 Å². The summed E-state index contributed by atoms with van der Waals surface area (Å²) in [6.07, 6.45) is 1.44. The molecule has 0 saturated heterocycles. The molecule has 3 rings (SSSR count). The van der Waals surface area contributed by atoms with E-state index in [1.165, 1.54) is 24.3 Å². The van der Waals surface area contributed by atoms with E-state index < -0.39 is 40.0 Å². The number of ether oxygens (including phenoxy) is 1. The number of hydrogen-bond donors (Lipinski definition) is 0. The molecule has 0 unspecified atom stereocenters. The zero-order valence-electron chi connectivity index (χ0n) is 17.3. The first-order chi connectivity index (χ1) is 15.7. The van der Waals surface area contributed by atoms with Crippen LogP contribution in [0, 0.1) is 11.6 Å². The number of carbonyl (C=O) groups is 2. The second-order valence-corrected chi connectivity index (χ2v) is 8.68. The predicted octanol–water partition coefficient (Wildman–Crippen LogP) is 4.39. The van der Waals surface area contributed by atoms with Crippen molar-refractivity contribution in [3.63, 3.8) is 0 Å². The second-order valence-electron chi connectivity index (χ2n) is 6.82. The lowest BCUT2D eigenvalue weighted by atomic mass is 10.1. The van der Waals surface area contributed by atoms with Crippen LogP contribution in [0.4, 0.5) is 14.5 Å². The number of para-hydroxylation sites is 1. The monoisotopic (exact) mass is 471 g/mol.